The van der Waals surface area contributed by atoms with Gasteiger partial charge in [-0.1, -0.05) is 12.2 Å². The van der Waals surface area contributed by atoms with Crippen molar-refractivity contribution in [3.8, 4) is 0 Å². The summed E-state index contributed by atoms with van der Waals surface area (Å²) in [5.41, 5.74) is -3.61. The maximum atomic E-state index is 11.2. The molecule has 0 amide bonds. The Bertz CT molecular complexity index is 634. The quantitative estimate of drug-likeness (QED) is 0.638. The van der Waals surface area contributed by atoms with Crippen LogP contribution in [0, 0.1) is 0 Å². The van der Waals surface area contributed by atoms with Crippen LogP contribution in [-0.2, 0) is 0 Å². The summed E-state index contributed by atoms with van der Waals surface area (Å²) in [5.74, 6) is -6.67. The summed E-state index contributed by atoms with van der Waals surface area (Å²) in [6.45, 7) is 1.45. The molecule has 0 aromatic heterocycles. The van der Waals surface area contributed by atoms with Crippen LogP contribution < -0.4 is 0 Å². The summed E-state index contributed by atoms with van der Waals surface area (Å²) in [7, 11) is 0. The number of hydrogen-bond acceptors (Lipinski definition) is 4. The fourth-order valence-electron chi connectivity index (χ4n) is 1.84. The lowest BCUT2D eigenvalue weighted by Crippen LogP contribution is -2.18. The molecule has 0 aliphatic carbocycles. The SMILES string of the molecule is CC=Cc1c(C(=O)O)c(C(=O)O)cc(C(=O)O)c1C(=O)O. The molecule has 110 valence electrons. The fraction of sp³-hybridized carbons (Fsp3) is 0.0769. The van der Waals surface area contributed by atoms with Crippen LogP contribution in [0.15, 0.2) is 12.1 Å². The van der Waals surface area contributed by atoms with E-state index in [0.717, 1.165) is 6.08 Å². The van der Waals surface area contributed by atoms with Crippen LogP contribution in [-0.4, -0.2) is 44.3 Å². The van der Waals surface area contributed by atoms with Crippen molar-refractivity contribution in [2.45, 2.75) is 6.92 Å². The molecule has 1 aromatic carbocycles. The number of carboxylic acid groups (broad SMARTS) is 4. The number of benzene rings is 1. The predicted octanol–water partition coefficient (Wildman–Crippen LogP) is 1.51. The Labute approximate surface area is 117 Å². The van der Waals surface area contributed by atoms with E-state index in [0.29, 0.717) is 6.07 Å². The van der Waals surface area contributed by atoms with Gasteiger partial charge in [0.1, 0.15) is 0 Å². The second kappa shape index (κ2) is 5.87. The van der Waals surface area contributed by atoms with Crippen molar-refractivity contribution in [2.75, 3.05) is 0 Å². The average Bonchev–Trinajstić information content (AvgIpc) is 2.36. The highest BCUT2D eigenvalue weighted by atomic mass is 16.4. The molecular formula is C13H10O8. The minimum absolute atomic E-state index is 0.477. The number of rotatable bonds is 5. The maximum Gasteiger partial charge on any atom is 0.337 e. The van der Waals surface area contributed by atoms with Crippen molar-refractivity contribution in [1.29, 1.82) is 0 Å². The Morgan fingerprint density at radius 2 is 1.19 bits per heavy atom. The Balaban J connectivity index is 4.08. The zero-order valence-corrected chi connectivity index (χ0v) is 10.7. The zero-order chi connectivity index (χ0) is 16.3. The standard InChI is InChI=1S/C13H10O8/c1-2-3-5-8(12(18)19)6(10(14)15)4-7(11(16)17)9(5)13(20)21/h2-4H,1H3,(H,14,15)(H,16,17)(H,18,19)(H,20,21). The highest BCUT2D eigenvalue weighted by Crippen LogP contribution is 2.26. The summed E-state index contributed by atoms with van der Waals surface area (Å²) in [5, 5.41) is 36.3. The van der Waals surface area contributed by atoms with Crippen molar-refractivity contribution in [3.63, 3.8) is 0 Å². The van der Waals surface area contributed by atoms with E-state index in [-0.39, 0.29) is 0 Å². The van der Waals surface area contributed by atoms with Crippen molar-refractivity contribution >= 4 is 30.0 Å². The van der Waals surface area contributed by atoms with Crippen LogP contribution in [0.25, 0.3) is 6.08 Å². The van der Waals surface area contributed by atoms with Crippen molar-refractivity contribution < 1.29 is 39.6 Å². The maximum absolute atomic E-state index is 11.2. The summed E-state index contributed by atoms with van der Waals surface area (Å²) in [6.07, 6.45) is 2.33. The van der Waals surface area contributed by atoms with Gasteiger partial charge in [-0.15, -0.1) is 0 Å². The molecule has 0 aliphatic rings. The monoisotopic (exact) mass is 294 g/mol. The first kappa shape index (κ1) is 15.9. The van der Waals surface area contributed by atoms with Gasteiger partial charge in [0.05, 0.1) is 22.3 Å². The van der Waals surface area contributed by atoms with Gasteiger partial charge in [-0.05, 0) is 13.0 Å². The minimum atomic E-state index is -1.67. The van der Waals surface area contributed by atoms with Gasteiger partial charge in [0.2, 0.25) is 0 Å². The fourth-order valence-corrected chi connectivity index (χ4v) is 1.84. The summed E-state index contributed by atoms with van der Waals surface area (Å²) in [4.78, 5) is 44.7. The number of allylic oxidation sites excluding steroid dienone is 1. The normalized spacial score (nSPS) is 10.5. The molecule has 0 saturated carbocycles. The first-order valence-electron chi connectivity index (χ1n) is 5.49. The van der Waals surface area contributed by atoms with Gasteiger partial charge in [-0.25, -0.2) is 19.2 Å². The molecule has 0 unspecified atom stereocenters. The van der Waals surface area contributed by atoms with E-state index >= 15 is 0 Å². The second-order valence-corrected chi connectivity index (χ2v) is 3.86. The molecule has 1 rings (SSSR count). The molecule has 8 nitrogen and oxygen atoms in total. The largest absolute Gasteiger partial charge is 0.478 e. The van der Waals surface area contributed by atoms with Gasteiger partial charge in [-0.3, -0.25) is 0 Å². The van der Waals surface area contributed by atoms with E-state index in [1.807, 2.05) is 0 Å². The van der Waals surface area contributed by atoms with Crippen LogP contribution in [0.4, 0.5) is 0 Å². The molecule has 1 aromatic rings. The second-order valence-electron chi connectivity index (χ2n) is 3.86. The molecule has 0 bridgehead atoms. The number of aromatic carboxylic acids is 4. The topological polar surface area (TPSA) is 149 Å². The molecule has 4 N–H and O–H groups in total. The third kappa shape index (κ3) is 2.89. The lowest BCUT2D eigenvalue weighted by atomic mass is 9.91. The van der Waals surface area contributed by atoms with Gasteiger partial charge >= 0.3 is 23.9 Å². The molecule has 0 aliphatic heterocycles. The zero-order valence-electron chi connectivity index (χ0n) is 10.7. The van der Waals surface area contributed by atoms with Gasteiger partial charge < -0.3 is 20.4 Å². The number of carboxylic acids is 4. The molecular weight excluding hydrogens is 284 g/mol. The molecule has 21 heavy (non-hydrogen) atoms. The third-order valence-electron chi connectivity index (χ3n) is 2.59. The minimum Gasteiger partial charge on any atom is -0.478 e. The van der Waals surface area contributed by atoms with E-state index in [1.165, 1.54) is 13.0 Å². The van der Waals surface area contributed by atoms with Crippen LogP contribution in [0.1, 0.15) is 53.9 Å². The average molecular weight is 294 g/mol. The third-order valence-corrected chi connectivity index (χ3v) is 2.59. The van der Waals surface area contributed by atoms with E-state index < -0.39 is 51.7 Å². The van der Waals surface area contributed by atoms with Crippen LogP contribution >= 0.6 is 0 Å². The van der Waals surface area contributed by atoms with Crippen molar-refractivity contribution in [1.82, 2.24) is 0 Å². The first-order valence-corrected chi connectivity index (χ1v) is 5.49. The predicted molar refractivity (Wildman–Crippen MR) is 69.0 cm³/mol. The van der Waals surface area contributed by atoms with Gasteiger partial charge in [-0.2, -0.15) is 0 Å². The van der Waals surface area contributed by atoms with Gasteiger partial charge in [0.25, 0.3) is 0 Å². The lowest BCUT2D eigenvalue weighted by molar-refractivity contribution is 0.0636. The molecule has 0 spiro atoms. The number of hydrogen-bond donors (Lipinski definition) is 4. The Morgan fingerprint density at radius 1 is 0.810 bits per heavy atom. The van der Waals surface area contributed by atoms with Crippen LogP contribution in [0.5, 0.6) is 0 Å². The van der Waals surface area contributed by atoms with Gasteiger partial charge in [0.15, 0.2) is 0 Å². The summed E-state index contributed by atoms with van der Waals surface area (Å²) < 4.78 is 0. The van der Waals surface area contributed by atoms with Crippen LogP contribution in [0.3, 0.4) is 0 Å². The van der Waals surface area contributed by atoms with E-state index in [1.54, 1.807) is 0 Å². The highest BCUT2D eigenvalue weighted by Gasteiger charge is 2.29. The Morgan fingerprint density at radius 3 is 1.43 bits per heavy atom. The van der Waals surface area contributed by atoms with E-state index in [9.17, 15) is 19.2 Å². The highest BCUT2D eigenvalue weighted by molar-refractivity contribution is 6.12. The summed E-state index contributed by atoms with van der Waals surface area (Å²) in [6, 6.07) is 0.532. The molecule has 8 heteroatoms. The molecule has 0 saturated heterocycles. The molecule has 0 radical (unpaired) electrons. The van der Waals surface area contributed by atoms with E-state index in [2.05, 4.69) is 0 Å². The number of carbonyl (C=O) groups is 4. The Kier molecular flexibility index (Phi) is 4.44. The van der Waals surface area contributed by atoms with Gasteiger partial charge in [0, 0.05) is 5.56 Å². The van der Waals surface area contributed by atoms with Crippen molar-refractivity contribution in [2.24, 2.45) is 0 Å². The van der Waals surface area contributed by atoms with E-state index in [4.69, 9.17) is 20.4 Å². The molecule has 0 fully saturated rings. The van der Waals surface area contributed by atoms with Crippen molar-refractivity contribution in [3.05, 3.63) is 40.0 Å². The van der Waals surface area contributed by atoms with Crippen LogP contribution in [0.2, 0.25) is 0 Å². The molecule has 0 atom stereocenters. The Hall–Kier alpha value is -3.16. The first-order chi connectivity index (χ1) is 9.72. The smallest absolute Gasteiger partial charge is 0.337 e. The molecule has 0 heterocycles. The summed E-state index contributed by atoms with van der Waals surface area (Å²) >= 11 is 0. The lowest BCUT2D eigenvalue weighted by Gasteiger charge is -2.12.